The largest absolute Gasteiger partial charge is 1.00 e. The van der Waals surface area contributed by atoms with Crippen LogP contribution in [0.1, 0.15) is 50.3 Å². The van der Waals surface area contributed by atoms with Gasteiger partial charge in [-0.2, -0.15) is 0 Å². The van der Waals surface area contributed by atoms with Crippen molar-refractivity contribution >= 4 is 38.6 Å². The SMILES string of the molecule is CC(C)(C)[Si](C)(C)OCc1ccc(C2=C3C=CC(=[N+]4CCC4)C=C3[Si](C)(C)c3cc(N4CCC4)ccc32)cc1.[Cl-]. The van der Waals surface area contributed by atoms with E-state index in [-0.39, 0.29) is 17.4 Å². The maximum absolute atomic E-state index is 6.54. The van der Waals surface area contributed by atoms with E-state index < -0.39 is 16.4 Å². The Morgan fingerprint density at radius 3 is 2.23 bits per heavy atom. The van der Waals surface area contributed by atoms with E-state index >= 15 is 0 Å². The summed E-state index contributed by atoms with van der Waals surface area (Å²) in [5.74, 6) is 0. The highest BCUT2D eigenvalue weighted by molar-refractivity contribution is 6.98. The molecule has 0 aromatic heterocycles. The van der Waals surface area contributed by atoms with Crippen LogP contribution in [0.4, 0.5) is 5.69 Å². The Balaban J connectivity index is 0.00000323. The van der Waals surface area contributed by atoms with Crippen molar-refractivity contribution in [1.82, 2.24) is 0 Å². The highest BCUT2D eigenvalue weighted by atomic mass is 35.5. The fourth-order valence-corrected chi connectivity index (χ4v) is 9.96. The number of benzene rings is 2. The van der Waals surface area contributed by atoms with Gasteiger partial charge in [0.2, 0.25) is 0 Å². The molecule has 2 aromatic rings. The molecule has 0 radical (unpaired) electrons. The van der Waals surface area contributed by atoms with Crippen LogP contribution >= 0.6 is 0 Å². The Morgan fingerprint density at radius 1 is 0.950 bits per heavy atom. The Kier molecular flexibility index (Phi) is 7.75. The molecule has 212 valence electrons. The summed E-state index contributed by atoms with van der Waals surface area (Å²) in [6, 6.07) is 16.6. The summed E-state index contributed by atoms with van der Waals surface area (Å²) in [5, 5.41) is 3.39. The molecule has 6 rings (SSSR count). The first-order valence-corrected chi connectivity index (χ1v) is 20.8. The lowest BCUT2D eigenvalue weighted by Gasteiger charge is -2.40. The smallest absolute Gasteiger partial charge is 0.199 e. The van der Waals surface area contributed by atoms with Gasteiger partial charge in [0, 0.05) is 30.9 Å². The molecule has 2 fully saturated rings. The number of rotatable bonds is 5. The fraction of sp³-hybridized carbons (Fsp3) is 0.441. The number of anilines is 1. The molecule has 1 aliphatic carbocycles. The van der Waals surface area contributed by atoms with Crippen molar-refractivity contribution in [3.63, 3.8) is 0 Å². The van der Waals surface area contributed by atoms with Gasteiger partial charge < -0.3 is 21.7 Å². The summed E-state index contributed by atoms with van der Waals surface area (Å²) >= 11 is 0. The van der Waals surface area contributed by atoms with Crippen LogP contribution in [0.3, 0.4) is 0 Å². The van der Waals surface area contributed by atoms with Crippen molar-refractivity contribution in [2.75, 3.05) is 31.1 Å². The van der Waals surface area contributed by atoms with Gasteiger partial charge in [0.1, 0.15) is 21.2 Å². The minimum absolute atomic E-state index is 0. The van der Waals surface area contributed by atoms with Crippen LogP contribution < -0.4 is 22.5 Å². The quantitative estimate of drug-likeness (QED) is 0.387. The molecule has 0 bridgehead atoms. The van der Waals surface area contributed by atoms with Crippen molar-refractivity contribution in [2.24, 2.45) is 0 Å². The van der Waals surface area contributed by atoms with Crippen LogP contribution in [0.15, 0.2) is 71.5 Å². The number of halogens is 1. The van der Waals surface area contributed by atoms with Gasteiger partial charge in [-0.05, 0) is 81.0 Å². The van der Waals surface area contributed by atoms with Crippen LogP contribution in [0.25, 0.3) is 5.57 Å². The van der Waals surface area contributed by atoms with Crippen molar-refractivity contribution in [3.8, 4) is 0 Å². The van der Waals surface area contributed by atoms with Gasteiger partial charge in [-0.25, -0.2) is 4.58 Å². The molecule has 40 heavy (non-hydrogen) atoms. The number of nitrogens with zero attached hydrogens (tertiary/aromatic N) is 2. The highest BCUT2D eigenvalue weighted by Crippen LogP contribution is 2.42. The molecule has 0 atom stereocenters. The van der Waals surface area contributed by atoms with Gasteiger partial charge in [-0.15, -0.1) is 0 Å². The Morgan fingerprint density at radius 2 is 1.65 bits per heavy atom. The monoisotopic (exact) mass is 588 g/mol. The van der Waals surface area contributed by atoms with Crippen LogP contribution in [-0.2, 0) is 11.0 Å². The molecule has 4 aliphatic rings. The van der Waals surface area contributed by atoms with Gasteiger partial charge in [0.05, 0.1) is 13.0 Å². The lowest BCUT2D eigenvalue weighted by atomic mass is 9.89. The number of allylic oxidation sites excluding steroid dienone is 5. The average Bonchev–Trinajstić information content (AvgIpc) is 2.81. The summed E-state index contributed by atoms with van der Waals surface area (Å²) in [4.78, 5) is 2.54. The zero-order chi connectivity index (χ0) is 27.6. The Labute approximate surface area is 249 Å². The van der Waals surface area contributed by atoms with E-state index in [1.54, 1.807) is 10.4 Å². The van der Waals surface area contributed by atoms with E-state index in [0.717, 1.165) is 0 Å². The van der Waals surface area contributed by atoms with Crippen molar-refractivity contribution in [3.05, 3.63) is 88.2 Å². The fourth-order valence-electron chi connectivity index (χ4n) is 5.93. The number of hydrogen-bond donors (Lipinski definition) is 0. The van der Waals surface area contributed by atoms with Gasteiger partial charge >= 0.3 is 0 Å². The second-order valence-corrected chi connectivity index (χ2v) is 23.0. The first-order chi connectivity index (χ1) is 18.5. The minimum Gasteiger partial charge on any atom is -1.00 e. The predicted molar refractivity (Wildman–Crippen MR) is 172 cm³/mol. The van der Waals surface area contributed by atoms with Gasteiger partial charge in [-0.1, -0.05) is 64.2 Å². The standard InChI is InChI=1S/C34H45N2OSi2.ClH/c1-34(2,3)39(6,7)37-24-25-10-12-26(13-11-25)33-29-16-14-27(35-18-8-19-35)22-31(29)38(4,5)32-23-28(15-17-30(32)33)36-20-9-21-36;/h10-17,22-23H,8-9,18-21,24H2,1-7H3;1H/q+1;/p-1. The third-order valence-corrected chi connectivity index (χ3v) is 18.0. The second-order valence-electron chi connectivity index (χ2n) is 13.9. The normalized spacial score (nSPS) is 19.8. The molecular weight excluding hydrogens is 544 g/mol. The summed E-state index contributed by atoms with van der Waals surface area (Å²) < 4.78 is 9.07. The maximum atomic E-state index is 6.54. The molecule has 0 saturated carbocycles. The molecule has 2 aromatic carbocycles. The number of fused-ring (bicyclic) bond motifs is 2. The van der Waals surface area contributed by atoms with Crippen LogP contribution in [-0.4, -0.2) is 52.9 Å². The molecule has 0 N–H and O–H groups in total. The van der Waals surface area contributed by atoms with Crippen molar-refractivity contribution in [2.45, 2.75) is 71.4 Å². The highest BCUT2D eigenvalue weighted by Gasteiger charge is 2.41. The molecule has 0 spiro atoms. The molecule has 2 saturated heterocycles. The Bertz CT molecular complexity index is 1430. The lowest BCUT2D eigenvalue weighted by molar-refractivity contribution is -0.582. The topological polar surface area (TPSA) is 15.5 Å². The molecule has 0 unspecified atom stereocenters. The van der Waals surface area contributed by atoms with Gasteiger partial charge in [0.15, 0.2) is 14.0 Å². The lowest BCUT2D eigenvalue weighted by Crippen LogP contribution is -3.00. The molecule has 3 heterocycles. The Hall–Kier alpha value is -2.19. The van der Waals surface area contributed by atoms with Crippen LogP contribution in [0.2, 0.25) is 31.2 Å². The maximum Gasteiger partial charge on any atom is 0.199 e. The van der Waals surface area contributed by atoms with E-state index in [2.05, 4.69) is 117 Å². The van der Waals surface area contributed by atoms with Crippen molar-refractivity contribution in [1.29, 1.82) is 0 Å². The summed E-state index contributed by atoms with van der Waals surface area (Å²) in [5.41, 5.74) is 9.65. The zero-order valence-electron chi connectivity index (χ0n) is 25.4. The van der Waals surface area contributed by atoms with E-state index in [1.165, 1.54) is 78.3 Å². The van der Waals surface area contributed by atoms with Gasteiger partial charge in [0.25, 0.3) is 0 Å². The van der Waals surface area contributed by atoms with E-state index in [1.807, 2.05) is 0 Å². The molecular formula is C34H45ClN2OSi2. The van der Waals surface area contributed by atoms with E-state index in [9.17, 15) is 0 Å². The first-order valence-electron chi connectivity index (χ1n) is 14.9. The van der Waals surface area contributed by atoms with E-state index in [0.29, 0.717) is 6.61 Å². The molecule has 3 aliphatic heterocycles. The van der Waals surface area contributed by atoms with Crippen molar-refractivity contribution < 1.29 is 21.4 Å². The number of hydrogen-bond acceptors (Lipinski definition) is 2. The molecule has 0 amide bonds. The van der Waals surface area contributed by atoms with Crippen LogP contribution in [0.5, 0.6) is 0 Å². The third kappa shape index (κ3) is 5.04. The van der Waals surface area contributed by atoms with E-state index in [4.69, 9.17) is 4.43 Å². The van der Waals surface area contributed by atoms with Crippen LogP contribution in [0, 0.1) is 0 Å². The first kappa shape index (κ1) is 29.3. The van der Waals surface area contributed by atoms with Gasteiger partial charge in [-0.3, -0.25) is 0 Å². The third-order valence-electron chi connectivity index (χ3n) is 9.98. The molecule has 3 nitrogen and oxygen atoms in total. The summed E-state index contributed by atoms with van der Waals surface area (Å²) in [6.07, 6.45) is 9.95. The summed E-state index contributed by atoms with van der Waals surface area (Å²) in [6.45, 7) is 22.1. The second kappa shape index (κ2) is 10.6. The average molecular weight is 589 g/mol. The zero-order valence-corrected chi connectivity index (χ0v) is 28.2. The molecule has 6 heteroatoms. The minimum atomic E-state index is -1.89. The summed E-state index contributed by atoms with van der Waals surface area (Å²) in [7, 11) is -3.67. The predicted octanol–water partition coefficient (Wildman–Crippen LogP) is 4.05.